The van der Waals surface area contributed by atoms with Crippen LogP contribution in [0.15, 0.2) is 47.4 Å². The number of amides is 2. The van der Waals surface area contributed by atoms with E-state index >= 15 is 0 Å². The first-order chi connectivity index (χ1) is 15.0. The second kappa shape index (κ2) is 9.09. The second-order valence-electron chi connectivity index (χ2n) is 6.99. The Morgan fingerprint density at radius 3 is 2.77 bits per heavy atom. The number of rotatable bonds is 5. The maximum absolute atomic E-state index is 12.5. The Labute approximate surface area is 182 Å². The van der Waals surface area contributed by atoms with Crippen molar-refractivity contribution in [2.24, 2.45) is 0 Å². The molecule has 0 atom stereocenters. The van der Waals surface area contributed by atoms with Gasteiger partial charge in [0.1, 0.15) is 5.56 Å². The fraction of sp³-hybridized carbons (Fsp3) is 0.227. The zero-order chi connectivity index (χ0) is 21.8. The van der Waals surface area contributed by atoms with Crippen molar-refractivity contribution < 1.29 is 19.1 Å². The van der Waals surface area contributed by atoms with Gasteiger partial charge in [-0.05, 0) is 29.8 Å². The number of aromatic amines is 1. The van der Waals surface area contributed by atoms with Gasteiger partial charge in [0, 0.05) is 30.1 Å². The summed E-state index contributed by atoms with van der Waals surface area (Å²) in [6.45, 7) is 0.979. The standard InChI is InChI=1S/C22H20ClN3O5/c23-16-8-13(9-18-21(16)31-7-3-6-30-18)10-25-19(27)12-26-22(29)15-11-24-17-5-2-1-4-14(17)20(15)28/h1-2,4-5,8-9,11H,3,6-7,10,12H2,(H,24,28)(H,25,27)(H,26,29). The van der Waals surface area contributed by atoms with E-state index in [4.69, 9.17) is 21.1 Å². The lowest BCUT2D eigenvalue weighted by Gasteiger charge is -2.12. The van der Waals surface area contributed by atoms with Crippen LogP contribution in [0.3, 0.4) is 0 Å². The van der Waals surface area contributed by atoms with Crippen molar-refractivity contribution >= 4 is 34.3 Å². The van der Waals surface area contributed by atoms with E-state index in [9.17, 15) is 14.4 Å². The van der Waals surface area contributed by atoms with Crippen LogP contribution in [0.1, 0.15) is 22.3 Å². The van der Waals surface area contributed by atoms with Gasteiger partial charge in [0.2, 0.25) is 11.3 Å². The highest BCUT2D eigenvalue weighted by Crippen LogP contribution is 2.37. The van der Waals surface area contributed by atoms with Crippen LogP contribution in [-0.4, -0.2) is 36.6 Å². The molecule has 9 heteroatoms. The third-order valence-corrected chi connectivity index (χ3v) is 5.07. The van der Waals surface area contributed by atoms with Crippen LogP contribution in [0.2, 0.25) is 5.02 Å². The van der Waals surface area contributed by atoms with Crippen LogP contribution in [0.4, 0.5) is 0 Å². The lowest BCUT2D eigenvalue weighted by Crippen LogP contribution is -2.38. The van der Waals surface area contributed by atoms with Gasteiger partial charge in [-0.15, -0.1) is 0 Å². The summed E-state index contributed by atoms with van der Waals surface area (Å²) in [5.74, 6) is 0.00905. The smallest absolute Gasteiger partial charge is 0.257 e. The lowest BCUT2D eigenvalue weighted by atomic mass is 10.1. The Morgan fingerprint density at radius 1 is 1.10 bits per heavy atom. The molecule has 0 radical (unpaired) electrons. The van der Waals surface area contributed by atoms with Crippen molar-refractivity contribution in [1.82, 2.24) is 15.6 Å². The number of carbonyl (C=O) groups is 2. The van der Waals surface area contributed by atoms with Crippen molar-refractivity contribution in [2.75, 3.05) is 19.8 Å². The van der Waals surface area contributed by atoms with E-state index in [-0.39, 0.29) is 18.7 Å². The number of hydrogen-bond acceptors (Lipinski definition) is 5. The molecular weight excluding hydrogens is 422 g/mol. The van der Waals surface area contributed by atoms with Crippen LogP contribution < -0.4 is 25.5 Å². The quantitative estimate of drug-likeness (QED) is 0.563. The predicted octanol–water partition coefficient (Wildman–Crippen LogP) is 2.39. The van der Waals surface area contributed by atoms with Crippen LogP contribution in [0.5, 0.6) is 11.5 Å². The van der Waals surface area contributed by atoms with Crippen molar-refractivity contribution in [3.8, 4) is 11.5 Å². The minimum atomic E-state index is -0.624. The van der Waals surface area contributed by atoms with E-state index in [0.717, 1.165) is 12.0 Å². The SMILES string of the molecule is O=C(CNC(=O)c1c[nH]c2ccccc2c1=O)NCc1cc(Cl)c2c(c1)OCCCO2. The van der Waals surface area contributed by atoms with Crippen LogP contribution in [0.25, 0.3) is 10.9 Å². The number of halogens is 1. The Hall–Kier alpha value is -3.52. The number of para-hydroxylation sites is 1. The predicted molar refractivity (Wildman–Crippen MR) is 116 cm³/mol. The van der Waals surface area contributed by atoms with Gasteiger partial charge >= 0.3 is 0 Å². The third-order valence-electron chi connectivity index (χ3n) is 4.79. The van der Waals surface area contributed by atoms with E-state index < -0.39 is 17.2 Å². The number of carbonyl (C=O) groups excluding carboxylic acids is 2. The van der Waals surface area contributed by atoms with E-state index in [1.165, 1.54) is 6.20 Å². The van der Waals surface area contributed by atoms with Gasteiger partial charge in [-0.3, -0.25) is 14.4 Å². The molecular formula is C22H20ClN3O5. The summed E-state index contributed by atoms with van der Waals surface area (Å²) >= 11 is 6.25. The molecule has 3 aromatic rings. The molecule has 1 aliphatic heterocycles. The Morgan fingerprint density at radius 2 is 1.90 bits per heavy atom. The lowest BCUT2D eigenvalue weighted by molar-refractivity contribution is -0.120. The molecule has 2 amide bonds. The molecule has 0 saturated heterocycles. The summed E-state index contributed by atoms with van der Waals surface area (Å²) in [4.78, 5) is 39.9. The van der Waals surface area contributed by atoms with Crippen molar-refractivity contribution in [3.63, 3.8) is 0 Å². The van der Waals surface area contributed by atoms with Gasteiger partial charge < -0.3 is 25.1 Å². The maximum Gasteiger partial charge on any atom is 0.257 e. The van der Waals surface area contributed by atoms with E-state index in [1.54, 1.807) is 36.4 Å². The number of benzene rings is 2. The number of H-pyrrole nitrogens is 1. The largest absolute Gasteiger partial charge is 0.489 e. The molecule has 0 saturated carbocycles. The zero-order valence-electron chi connectivity index (χ0n) is 16.5. The minimum Gasteiger partial charge on any atom is -0.489 e. The Kier molecular flexibility index (Phi) is 6.08. The van der Waals surface area contributed by atoms with Gasteiger partial charge in [0.15, 0.2) is 11.5 Å². The summed E-state index contributed by atoms with van der Waals surface area (Å²) in [6.07, 6.45) is 2.11. The molecule has 31 heavy (non-hydrogen) atoms. The Balaban J connectivity index is 1.35. The van der Waals surface area contributed by atoms with E-state index in [0.29, 0.717) is 40.6 Å². The summed E-state index contributed by atoms with van der Waals surface area (Å²) in [7, 11) is 0. The van der Waals surface area contributed by atoms with Crippen LogP contribution in [0, 0.1) is 0 Å². The van der Waals surface area contributed by atoms with Crippen molar-refractivity contribution in [1.29, 1.82) is 0 Å². The van der Waals surface area contributed by atoms with Crippen molar-refractivity contribution in [3.05, 3.63) is 69.0 Å². The van der Waals surface area contributed by atoms with Gasteiger partial charge in [-0.1, -0.05) is 23.7 Å². The first-order valence-electron chi connectivity index (χ1n) is 9.76. The molecule has 1 aromatic heterocycles. The molecule has 0 spiro atoms. The highest BCUT2D eigenvalue weighted by atomic mass is 35.5. The van der Waals surface area contributed by atoms with E-state index in [2.05, 4.69) is 15.6 Å². The molecule has 160 valence electrons. The monoisotopic (exact) mass is 441 g/mol. The summed E-state index contributed by atoms with van der Waals surface area (Å²) in [5, 5.41) is 5.99. The molecule has 4 rings (SSSR count). The average molecular weight is 442 g/mol. The first-order valence-corrected chi connectivity index (χ1v) is 10.1. The number of pyridine rings is 1. The molecule has 8 nitrogen and oxygen atoms in total. The molecule has 0 unspecified atom stereocenters. The average Bonchev–Trinajstić information content (AvgIpc) is 3.02. The molecule has 0 fully saturated rings. The highest BCUT2D eigenvalue weighted by molar-refractivity contribution is 6.32. The summed E-state index contributed by atoms with van der Waals surface area (Å²) in [5.41, 5.74) is 0.922. The minimum absolute atomic E-state index is 0.0545. The molecule has 2 aromatic carbocycles. The molecule has 1 aliphatic rings. The molecule has 0 aliphatic carbocycles. The summed E-state index contributed by atoms with van der Waals surface area (Å²) < 4.78 is 11.2. The first kappa shape index (κ1) is 20.7. The maximum atomic E-state index is 12.5. The number of nitrogens with one attached hydrogen (secondary N) is 3. The number of fused-ring (bicyclic) bond motifs is 2. The molecule has 3 N–H and O–H groups in total. The van der Waals surface area contributed by atoms with E-state index in [1.807, 2.05) is 0 Å². The molecule has 0 bridgehead atoms. The normalized spacial score (nSPS) is 12.8. The number of ether oxygens (including phenoxy) is 2. The fourth-order valence-corrected chi connectivity index (χ4v) is 3.53. The molecule has 2 heterocycles. The zero-order valence-corrected chi connectivity index (χ0v) is 17.3. The fourth-order valence-electron chi connectivity index (χ4n) is 3.24. The highest BCUT2D eigenvalue weighted by Gasteiger charge is 2.17. The van der Waals surface area contributed by atoms with Crippen LogP contribution >= 0.6 is 11.6 Å². The second-order valence-corrected chi connectivity index (χ2v) is 7.40. The van der Waals surface area contributed by atoms with Gasteiger partial charge in [-0.2, -0.15) is 0 Å². The van der Waals surface area contributed by atoms with Crippen LogP contribution in [-0.2, 0) is 11.3 Å². The van der Waals surface area contributed by atoms with Gasteiger partial charge in [0.25, 0.3) is 5.91 Å². The Bertz CT molecular complexity index is 1210. The summed E-state index contributed by atoms with van der Waals surface area (Å²) in [6, 6.07) is 10.4. The topological polar surface area (TPSA) is 110 Å². The van der Waals surface area contributed by atoms with Gasteiger partial charge in [-0.25, -0.2) is 0 Å². The van der Waals surface area contributed by atoms with Crippen molar-refractivity contribution in [2.45, 2.75) is 13.0 Å². The number of aromatic nitrogens is 1. The number of hydrogen-bond donors (Lipinski definition) is 3. The third kappa shape index (κ3) is 4.64. The van der Waals surface area contributed by atoms with Gasteiger partial charge in [0.05, 0.1) is 24.8 Å².